The minimum absolute atomic E-state index is 0. The van der Waals surface area contributed by atoms with Gasteiger partial charge < -0.3 is 0 Å². The molecule has 0 atom stereocenters. The molecule has 0 aromatic carbocycles. The Morgan fingerprint density at radius 3 is 0.947 bits per heavy atom. The first-order valence-electron chi connectivity index (χ1n) is 3.53. The molecule has 19 heavy (non-hydrogen) atoms. The molecule has 0 bridgehead atoms. The van der Waals surface area contributed by atoms with Gasteiger partial charge in [-0.1, -0.05) is 0 Å². The van der Waals surface area contributed by atoms with Gasteiger partial charge in [-0.3, -0.25) is 0 Å². The van der Waals surface area contributed by atoms with E-state index in [1.54, 1.807) is 11.6 Å². The van der Waals surface area contributed by atoms with Gasteiger partial charge in [0.25, 0.3) is 0 Å². The Bertz CT molecular complexity index is 324. The molecule has 0 radical (unpaired) electrons. The summed E-state index contributed by atoms with van der Waals surface area (Å²) in [6.45, 7) is 26.4. The largest absolute Gasteiger partial charge is 0 e. The van der Waals surface area contributed by atoms with Crippen molar-refractivity contribution in [3.05, 3.63) is 56.0 Å². The molecule has 1 aromatic heterocycles. The molecule has 0 saturated carbocycles. The zero-order valence-corrected chi connectivity index (χ0v) is 12.8. The fraction of sp³-hybridized carbons (Fsp3) is 0.182. The van der Waals surface area contributed by atoms with Gasteiger partial charge in [-0.2, -0.15) is 4.20 Å². The average molecular weight is 366 g/mol. The molecule has 1 aromatic rings. The van der Waals surface area contributed by atoms with Crippen molar-refractivity contribution in [1.82, 2.24) is 0 Å². The van der Waals surface area contributed by atoms with E-state index in [1.165, 1.54) is 0 Å². The second-order valence-electron chi connectivity index (χ2n) is 1.97. The Balaban J connectivity index is -0.0000000332. The third-order valence-corrected chi connectivity index (χ3v) is 2.52. The Kier molecular flexibility index (Phi) is 82.7. The van der Waals surface area contributed by atoms with Gasteiger partial charge in [0.2, 0.25) is 0 Å². The fourth-order valence-electron chi connectivity index (χ4n) is 0.611. The third kappa shape index (κ3) is 31.6. The van der Waals surface area contributed by atoms with Gasteiger partial charge in [0.05, 0.1) is 7.84 Å². The summed E-state index contributed by atoms with van der Waals surface area (Å²) in [4.78, 5) is 0. The summed E-state index contributed by atoms with van der Waals surface area (Å²) >= 11 is 0. The molecule has 8 heteroatoms. The number of hydrogen-bond acceptors (Lipinski definition) is 0. The van der Waals surface area contributed by atoms with Crippen molar-refractivity contribution in [1.29, 1.82) is 0 Å². The van der Waals surface area contributed by atoms with Crippen molar-refractivity contribution < 1.29 is 48.5 Å². The van der Waals surface area contributed by atoms with E-state index in [9.17, 15) is 4.20 Å². The molecule has 0 saturated heterocycles. The van der Waals surface area contributed by atoms with E-state index in [0.29, 0.717) is 0 Å². The van der Waals surface area contributed by atoms with E-state index < -0.39 is 7.84 Å². The smallest absolute Gasteiger partial charge is 0 e. The number of aryl methyl sites for hydroxylation is 2. The topological polar surface area (TPSA) is 99.5 Å². The van der Waals surface area contributed by atoms with Crippen LogP contribution < -0.4 is 0 Å². The monoisotopic (exact) mass is 368 g/mol. The molecule has 0 fully saturated rings. The molecule has 0 aliphatic rings. The Morgan fingerprint density at radius 1 is 0.737 bits per heavy atom. The number of rotatable bonds is 0. The van der Waals surface area contributed by atoms with Gasteiger partial charge in [0.15, 0.2) is 0 Å². The second kappa shape index (κ2) is 43.5. The molecular weight excluding hydrogens is 358 g/mol. The molecule has 0 aliphatic carbocycles. The van der Waals surface area contributed by atoms with Gasteiger partial charge >= 0.3 is 56.5 Å². The van der Waals surface area contributed by atoms with Gasteiger partial charge in [0, 0.05) is 21.1 Å². The summed E-state index contributed by atoms with van der Waals surface area (Å²) in [6.07, 6.45) is 0. The summed E-state index contributed by atoms with van der Waals surface area (Å²) in [5.74, 6) is 3.37. The van der Waals surface area contributed by atoms with Crippen molar-refractivity contribution in [2.24, 2.45) is 0 Å². The van der Waals surface area contributed by atoms with E-state index in [4.69, 9.17) is 23.3 Å². The van der Waals surface area contributed by atoms with Crippen LogP contribution in [0.4, 0.5) is 4.20 Å². The molecule has 1 rings (SSSR count). The summed E-state index contributed by atoms with van der Waals surface area (Å²) in [6, 6.07) is 0. The van der Waals surface area contributed by atoms with Crippen LogP contribution in [-0.2, 0) is 44.3 Å². The second-order valence-corrected chi connectivity index (χ2v) is 3.17. The van der Waals surface area contributed by atoms with Gasteiger partial charge in [-0.25, -0.2) is 0 Å². The first-order valence-corrected chi connectivity index (χ1v) is 4.90. The summed E-state index contributed by atoms with van der Waals surface area (Å²) in [5.41, 5.74) is 2.19. The average Bonchev–Trinajstić information content (AvgIpc) is 2.78. The first kappa shape index (κ1) is 36.1. The summed E-state index contributed by atoms with van der Waals surface area (Å²) in [5, 5.41) is 0. The van der Waals surface area contributed by atoms with Crippen molar-refractivity contribution in [3.8, 4) is 0 Å². The Hall–Kier alpha value is -0.902. The van der Waals surface area contributed by atoms with Crippen molar-refractivity contribution in [3.63, 3.8) is 0 Å². The molecule has 100 valence electrons. The van der Waals surface area contributed by atoms with Gasteiger partial charge in [0.1, 0.15) is 0 Å². The van der Waals surface area contributed by atoms with Crippen molar-refractivity contribution in [2.75, 3.05) is 0 Å². The molecule has 1 heterocycles. The van der Waals surface area contributed by atoms with Gasteiger partial charge in [-0.05, 0) is 36.6 Å². The maximum Gasteiger partial charge on any atom is 0 e. The molecule has 0 N–H and O–H groups in total. The normalized spacial score (nSPS) is 4.68. The summed E-state index contributed by atoms with van der Waals surface area (Å²) < 4.78 is 49.8. The molecule has 0 aliphatic heterocycles. The van der Waals surface area contributed by atoms with Crippen LogP contribution in [0.15, 0.2) is 11.6 Å². The van der Waals surface area contributed by atoms with Crippen LogP contribution in [0.25, 0.3) is 0 Å². The standard InChI is InChI=1S/C6H8FP.5CO.Mo/c1-5-3-8(7)4-6(5)2;5*1-2;/h3-4H,1-2H3;;;;;;. The maximum absolute atomic E-state index is 12.3. The predicted molar refractivity (Wildman–Crippen MR) is 54.8 cm³/mol. The Labute approximate surface area is 126 Å². The minimum atomic E-state index is -1.37. The van der Waals surface area contributed by atoms with Crippen LogP contribution >= 0.6 is 7.84 Å². The van der Waals surface area contributed by atoms with Gasteiger partial charge in [-0.15, -0.1) is 0 Å². The molecule has 0 amide bonds. The van der Waals surface area contributed by atoms with Crippen LogP contribution in [0.1, 0.15) is 11.1 Å². The van der Waals surface area contributed by atoms with Crippen LogP contribution in [0, 0.1) is 47.1 Å². The van der Waals surface area contributed by atoms with E-state index in [1.807, 2.05) is 13.8 Å². The van der Waals surface area contributed by atoms with E-state index in [0.717, 1.165) is 11.1 Å². The zero-order valence-electron chi connectivity index (χ0n) is 9.93. The van der Waals surface area contributed by atoms with Crippen molar-refractivity contribution in [2.45, 2.75) is 13.8 Å². The van der Waals surface area contributed by atoms with Crippen LogP contribution in [0.3, 0.4) is 0 Å². The molecule has 0 spiro atoms. The van der Waals surface area contributed by atoms with E-state index >= 15 is 0 Å². The zero-order chi connectivity index (χ0) is 16.1. The quantitative estimate of drug-likeness (QED) is 0.383. The molecule has 0 unspecified atom stereocenters. The number of hydrogen-bond donors (Lipinski definition) is 0. The van der Waals surface area contributed by atoms with E-state index in [-0.39, 0.29) is 21.1 Å². The molecular formula is C11H8FMoO5P. The predicted octanol–water partition coefficient (Wildman–Crippen LogP) is 2.83. The van der Waals surface area contributed by atoms with E-state index in [2.05, 4.69) is 33.3 Å². The molecule has 5 nitrogen and oxygen atoms in total. The third-order valence-electron chi connectivity index (χ3n) is 1.26. The number of halogens is 1. The minimum Gasteiger partial charge on any atom is 0 e. The maximum atomic E-state index is 12.3. The SMILES string of the molecule is Cc1cp(F)cc1C.[C-]#[O+].[C-]#[O+].[C-]#[O+].[C-]#[O+].[C-]#[O+].[Mo]. The fourth-order valence-corrected chi connectivity index (χ4v) is 1.83. The summed E-state index contributed by atoms with van der Waals surface area (Å²) in [7, 11) is -1.37. The van der Waals surface area contributed by atoms with Crippen LogP contribution in [0.5, 0.6) is 0 Å². The first-order chi connectivity index (χ1) is 8.70. The van der Waals surface area contributed by atoms with Crippen molar-refractivity contribution >= 4 is 7.84 Å². The Morgan fingerprint density at radius 2 is 0.895 bits per heavy atom. The van der Waals surface area contributed by atoms with Crippen LogP contribution in [0.2, 0.25) is 0 Å². The van der Waals surface area contributed by atoms with Crippen LogP contribution in [-0.4, -0.2) is 0 Å².